The smallest absolute Gasteiger partial charge is 0.443 e. The van der Waals surface area contributed by atoms with Crippen LogP contribution >= 0.6 is 0 Å². The molecule has 15 heteroatoms. The van der Waals surface area contributed by atoms with Gasteiger partial charge in [0.25, 0.3) is 29.8 Å². The highest BCUT2D eigenvalue weighted by molar-refractivity contribution is 6.82. The van der Waals surface area contributed by atoms with E-state index in [2.05, 4.69) is 0 Å². The Balaban J connectivity index is 6.49. The van der Waals surface area contributed by atoms with Crippen molar-refractivity contribution in [2.45, 2.75) is 54.3 Å². The third-order valence-electron chi connectivity index (χ3n) is 2.02. The van der Waals surface area contributed by atoms with Crippen LogP contribution < -0.4 is 0 Å². The van der Waals surface area contributed by atoms with Gasteiger partial charge in [0.15, 0.2) is 8.32 Å². The molecule has 0 aromatic rings. The van der Waals surface area contributed by atoms with Crippen molar-refractivity contribution in [3.63, 3.8) is 0 Å². The summed E-state index contributed by atoms with van der Waals surface area (Å²) in [5.41, 5.74) is 0. The van der Waals surface area contributed by atoms with Crippen molar-refractivity contribution in [3.8, 4) is 0 Å². The predicted molar refractivity (Wildman–Crippen MR) is 95.9 cm³/mol. The van der Waals surface area contributed by atoms with E-state index in [4.69, 9.17) is 30.4 Å². The van der Waals surface area contributed by atoms with Gasteiger partial charge in [-0.2, -0.15) is 0 Å². The van der Waals surface area contributed by atoms with Crippen LogP contribution in [0.25, 0.3) is 0 Å². The van der Waals surface area contributed by atoms with Crippen molar-refractivity contribution >= 4 is 56.3 Å². The fourth-order valence-electron chi connectivity index (χ4n) is 1.66. The summed E-state index contributed by atoms with van der Waals surface area (Å²) in [7, 11) is -12.5. The van der Waals surface area contributed by atoms with Gasteiger partial charge in [-0.3, -0.25) is 28.1 Å². The molecule has 0 amide bonds. The summed E-state index contributed by atoms with van der Waals surface area (Å²) >= 11 is 0. The van der Waals surface area contributed by atoms with E-state index < -0.39 is 56.3 Å². The van der Waals surface area contributed by atoms with Gasteiger partial charge in [-0.05, 0) is 19.6 Å². The lowest BCUT2D eigenvalue weighted by Gasteiger charge is -2.34. The molecule has 0 rings (SSSR count). The van der Waals surface area contributed by atoms with Crippen molar-refractivity contribution in [3.05, 3.63) is 0 Å². The molecule has 0 aromatic heterocycles. The van der Waals surface area contributed by atoms with Gasteiger partial charge in [-0.15, -0.1) is 0 Å². The van der Waals surface area contributed by atoms with E-state index in [1.165, 1.54) is 0 Å². The van der Waals surface area contributed by atoms with Gasteiger partial charge >= 0.3 is 18.1 Å². The first-order chi connectivity index (χ1) is 12.5. The minimum atomic E-state index is -5.00. The second-order valence-electron chi connectivity index (χ2n) is 6.28. The molecule has 0 aromatic carbocycles. The van der Waals surface area contributed by atoms with E-state index >= 15 is 0 Å². The van der Waals surface area contributed by atoms with Crippen molar-refractivity contribution in [1.82, 2.24) is 0 Å². The van der Waals surface area contributed by atoms with E-state index in [1.54, 1.807) is 19.6 Å². The molecule has 0 unspecified atom stereocenters. The Morgan fingerprint density at radius 3 is 0.929 bits per heavy atom. The van der Waals surface area contributed by atoms with Crippen molar-refractivity contribution in [2.75, 3.05) is 0 Å². The summed E-state index contributed by atoms with van der Waals surface area (Å²) in [4.78, 5) is 58.0. The zero-order chi connectivity index (χ0) is 22.3. The lowest BCUT2D eigenvalue weighted by Crippen LogP contribution is -2.66. The number of rotatable bonds is 9. The number of hydrogen-bond donors (Lipinski definition) is 0. The summed E-state index contributed by atoms with van der Waals surface area (Å²) in [5, 5.41) is 0. The fraction of sp³-hybridized carbons (Fsp3) is 0.615. The Morgan fingerprint density at radius 1 is 0.464 bits per heavy atom. The molecule has 0 saturated heterocycles. The molecule has 28 heavy (non-hydrogen) atoms. The van der Waals surface area contributed by atoms with E-state index in [0.29, 0.717) is 0 Å². The predicted octanol–water partition coefficient (Wildman–Crippen LogP) is 0.541. The highest BCUT2D eigenvalue weighted by atomic mass is 28.5. The van der Waals surface area contributed by atoms with Crippen molar-refractivity contribution in [1.29, 1.82) is 0 Å². The lowest BCUT2D eigenvalue weighted by atomic mass is 10.9. The quantitative estimate of drug-likeness (QED) is 0.445. The molecule has 160 valence electrons. The first-order valence-electron chi connectivity index (χ1n) is 7.88. The molecule has 0 atom stereocenters. The largest absolute Gasteiger partial charge is 0.894 e. The van der Waals surface area contributed by atoms with E-state index in [0.717, 1.165) is 34.6 Å². The van der Waals surface area contributed by atoms with E-state index in [9.17, 15) is 24.0 Å². The molecule has 0 aliphatic rings. The normalized spacial score (nSPS) is 11.9. The minimum absolute atomic E-state index is 0.929. The van der Waals surface area contributed by atoms with Crippen LogP contribution in [-0.2, 0) is 54.3 Å². The molecule has 0 spiro atoms. The third kappa shape index (κ3) is 10.3. The third-order valence-corrected chi connectivity index (χ3v) is 10.2. The maximum absolute atomic E-state index is 11.6. The van der Waals surface area contributed by atoms with Crippen LogP contribution in [0, 0.1) is 0 Å². The first-order valence-corrected chi connectivity index (χ1v) is 14.6. The monoisotopic (exact) mass is 456 g/mol. The molecular weight excluding hydrogens is 432 g/mol. The Hall–Kier alpha value is -2.08. The summed E-state index contributed by atoms with van der Waals surface area (Å²) in [5.74, 6) is -5.08. The molecule has 12 nitrogen and oxygen atoms in total. The van der Waals surface area contributed by atoms with Crippen LogP contribution in [0.2, 0.25) is 19.6 Å². The number of carbonyl (C=O) groups excluding carboxylic acids is 5. The zero-order valence-corrected chi connectivity index (χ0v) is 19.9. The maximum atomic E-state index is 11.6. The van der Waals surface area contributed by atoms with Crippen LogP contribution in [-0.4, -0.2) is 56.3 Å². The van der Waals surface area contributed by atoms with Crippen LogP contribution in [0.3, 0.4) is 0 Å². The minimum Gasteiger partial charge on any atom is -0.443 e. The van der Waals surface area contributed by atoms with Crippen LogP contribution in [0.4, 0.5) is 0 Å². The second-order valence-corrected chi connectivity index (χ2v) is 15.2. The molecule has 0 bridgehead atoms. The lowest BCUT2D eigenvalue weighted by molar-refractivity contribution is -0.156. The summed E-state index contributed by atoms with van der Waals surface area (Å²) in [6, 6.07) is 0. The molecular formula is C13H24O12Si3. The molecule has 0 heterocycles. The highest BCUT2D eigenvalue weighted by Crippen LogP contribution is 2.26. The summed E-state index contributed by atoms with van der Waals surface area (Å²) in [6.07, 6.45) is 0. The maximum Gasteiger partial charge on any atom is 0.894 e. The van der Waals surface area contributed by atoms with Gasteiger partial charge < -0.3 is 26.2 Å². The summed E-state index contributed by atoms with van der Waals surface area (Å²) in [6.45, 7) is 9.70. The van der Waals surface area contributed by atoms with Gasteiger partial charge in [-0.1, -0.05) is 0 Å². The molecule has 0 saturated carbocycles. The topological polar surface area (TPSA) is 150 Å². The zero-order valence-electron chi connectivity index (χ0n) is 16.9. The molecule has 0 aliphatic heterocycles. The second kappa shape index (κ2) is 9.92. The number of hydrogen-bond acceptors (Lipinski definition) is 12. The van der Waals surface area contributed by atoms with Crippen LogP contribution in [0.15, 0.2) is 0 Å². The Bertz CT molecular complexity index is 584. The van der Waals surface area contributed by atoms with E-state index in [-0.39, 0.29) is 0 Å². The Labute approximate surface area is 165 Å². The van der Waals surface area contributed by atoms with E-state index in [1.807, 2.05) is 0 Å². The molecule has 0 fully saturated rings. The average molecular weight is 457 g/mol. The van der Waals surface area contributed by atoms with Crippen LogP contribution in [0.1, 0.15) is 34.6 Å². The van der Waals surface area contributed by atoms with Gasteiger partial charge in [-0.25, -0.2) is 0 Å². The van der Waals surface area contributed by atoms with Gasteiger partial charge in [0.2, 0.25) is 0 Å². The standard InChI is InChI=1S/C13H24O12Si3/c1-9(14)19-27(20-10(2)15,21-11(3)16)25-28(22-12(4)17,23-13(5)18)24-26(6,7)8/h1-8H3. The molecule has 0 N–H and O–H groups in total. The summed E-state index contributed by atoms with van der Waals surface area (Å²) < 4.78 is 35.8. The molecule has 0 radical (unpaired) electrons. The SMILES string of the molecule is CC(=O)O[Si](OC(C)=O)(OC(C)=O)O[Si](OC(C)=O)(OC(C)=O)O[Si](C)(C)C. The van der Waals surface area contributed by atoms with Crippen molar-refractivity contribution in [2.24, 2.45) is 0 Å². The first kappa shape index (κ1) is 25.9. The van der Waals surface area contributed by atoms with Crippen molar-refractivity contribution < 1.29 is 54.3 Å². The fourth-order valence-corrected chi connectivity index (χ4v) is 9.52. The Morgan fingerprint density at radius 2 is 0.714 bits per heavy atom. The van der Waals surface area contributed by atoms with Crippen LogP contribution in [0.5, 0.6) is 0 Å². The van der Waals surface area contributed by atoms with Gasteiger partial charge in [0.1, 0.15) is 0 Å². The highest BCUT2D eigenvalue weighted by Gasteiger charge is 2.71. The number of carbonyl (C=O) groups is 5. The van der Waals surface area contributed by atoms with Gasteiger partial charge in [0.05, 0.1) is 0 Å². The Kier molecular flexibility index (Phi) is 9.18. The average Bonchev–Trinajstić information content (AvgIpc) is 2.29. The molecule has 0 aliphatic carbocycles. The van der Waals surface area contributed by atoms with Gasteiger partial charge in [0, 0.05) is 34.6 Å².